The molecule has 18 heavy (non-hydrogen) atoms. The topological polar surface area (TPSA) is 73.4 Å². The predicted molar refractivity (Wildman–Crippen MR) is 65.5 cm³/mol. The molecule has 0 aliphatic carbocycles. The van der Waals surface area contributed by atoms with Crippen LogP contribution in [0.25, 0.3) is 0 Å². The van der Waals surface area contributed by atoms with E-state index in [1.807, 2.05) is 0 Å². The molecule has 7 nitrogen and oxygen atoms in total. The summed E-state index contributed by atoms with van der Waals surface area (Å²) in [7, 11) is 0. The Morgan fingerprint density at radius 1 is 1.44 bits per heavy atom. The summed E-state index contributed by atoms with van der Waals surface area (Å²) < 4.78 is 6.94. The van der Waals surface area contributed by atoms with Crippen LogP contribution < -0.4 is 0 Å². The molecular weight excluding hydrogens is 236 g/mol. The van der Waals surface area contributed by atoms with Crippen molar-refractivity contribution in [2.45, 2.75) is 19.9 Å². The van der Waals surface area contributed by atoms with Crippen LogP contribution in [0.15, 0.2) is 6.20 Å². The van der Waals surface area contributed by atoms with Crippen molar-refractivity contribution >= 4 is 5.82 Å². The standard InChI is InChI=1S/C11H18N4O3/c1-10-12-9-11(15(16)17)14(10)4-2-3-13-5-7-18-8-6-13/h9H,2-8H2,1H3. The van der Waals surface area contributed by atoms with E-state index in [9.17, 15) is 10.1 Å². The van der Waals surface area contributed by atoms with Gasteiger partial charge in [0, 0.05) is 26.6 Å². The number of hydrogen-bond acceptors (Lipinski definition) is 5. The lowest BCUT2D eigenvalue weighted by molar-refractivity contribution is -0.392. The van der Waals surface area contributed by atoms with E-state index in [-0.39, 0.29) is 10.7 Å². The fourth-order valence-electron chi connectivity index (χ4n) is 2.16. The number of rotatable bonds is 5. The highest BCUT2D eigenvalue weighted by Gasteiger charge is 2.17. The zero-order valence-corrected chi connectivity index (χ0v) is 10.5. The Labute approximate surface area is 106 Å². The highest BCUT2D eigenvalue weighted by Crippen LogP contribution is 2.14. The van der Waals surface area contributed by atoms with E-state index in [1.165, 1.54) is 6.20 Å². The second kappa shape index (κ2) is 5.92. The van der Waals surface area contributed by atoms with Gasteiger partial charge in [-0.25, -0.2) is 9.55 Å². The van der Waals surface area contributed by atoms with E-state index >= 15 is 0 Å². The van der Waals surface area contributed by atoms with E-state index in [0.717, 1.165) is 39.3 Å². The predicted octanol–water partition coefficient (Wildman–Crippen LogP) is 0.822. The minimum atomic E-state index is -0.380. The van der Waals surface area contributed by atoms with Crippen molar-refractivity contribution in [3.8, 4) is 0 Å². The molecule has 100 valence electrons. The fraction of sp³-hybridized carbons (Fsp3) is 0.727. The van der Waals surface area contributed by atoms with Gasteiger partial charge in [-0.2, -0.15) is 0 Å². The first-order valence-corrected chi connectivity index (χ1v) is 6.15. The zero-order valence-electron chi connectivity index (χ0n) is 10.5. The summed E-state index contributed by atoms with van der Waals surface area (Å²) in [5.74, 6) is 0.776. The minimum Gasteiger partial charge on any atom is -0.379 e. The average Bonchev–Trinajstić information content (AvgIpc) is 2.73. The molecule has 7 heteroatoms. The lowest BCUT2D eigenvalue weighted by Crippen LogP contribution is -2.37. The van der Waals surface area contributed by atoms with Crippen molar-refractivity contribution in [3.05, 3.63) is 22.1 Å². The Bertz CT molecular complexity index is 412. The Morgan fingerprint density at radius 2 is 2.17 bits per heavy atom. The first-order chi connectivity index (χ1) is 8.68. The summed E-state index contributed by atoms with van der Waals surface area (Å²) in [6.07, 6.45) is 2.21. The number of ether oxygens (including phenoxy) is 1. The van der Waals surface area contributed by atoms with Gasteiger partial charge in [0.2, 0.25) is 0 Å². The molecule has 0 saturated carbocycles. The maximum Gasteiger partial charge on any atom is 0.342 e. The third kappa shape index (κ3) is 3.05. The van der Waals surface area contributed by atoms with Crippen molar-refractivity contribution in [2.24, 2.45) is 0 Å². The van der Waals surface area contributed by atoms with Gasteiger partial charge in [-0.05, 0) is 11.3 Å². The van der Waals surface area contributed by atoms with Gasteiger partial charge in [-0.15, -0.1) is 0 Å². The Kier molecular flexibility index (Phi) is 4.27. The summed E-state index contributed by atoms with van der Waals surface area (Å²) in [5.41, 5.74) is 0. The molecule has 0 bridgehead atoms. The number of aromatic nitrogens is 2. The number of morpholine rings is 1. The highest BCUT2D eigenvalue weighted by molar-refractivity contribution is 5.18. The lowest BCUT2D eigenvalue weighted by Gasteiger charge is -2.26. The van der Waals surface area contributed by atoms with Crippen molar-refractivity contribution in [2.75, 3.05) is 32.8 Å². The molecule has 0 aromatic carbocycles. The van der Waals surface area contributed by atoms with Gasteiger partial charge in [0.25, 0.3) is 0 Å². The molecule has 2 rings (SSSR count). The quantitative estimate of drug-likeness (QED) is 0.574. The third-order valence-corrected chi connectivity index (χ3v) is 3.18. The first kappa shape index (κ1) is 13.0. The van der Waals surface area contributed by atoms with Gasteiger partial charge in [0.15, 0.2) is 5.82 Å². The van der Waals surface area contributed by atoms with Gasteiger partial charge in [-0.3, -0.25) is 4.90 Å². The smallest absolute Gasteiger partial charge is 0.342 e. The van der Waals surface area contributed by atoms with E-state index in [4.69, 9.17) is 4.74 Å². The molecule has 1 aromatic heterocycles. The Balaban J connectivity index is 1.85. The van der Waals surface area contributed by atoms with Crippen LogP contribution in [0.5, 0.6) is 0 Å². The van der Waals surface area contributed by atoms with Crippen molar-refractivity contribution < 1.29 is 9.66 Å². The number of nitrogens with zero attached hydrogens (tertiary/aromatic N) is 4. The summed E-state index contributed by atoms with van der Waals surface area (Å²) >= 11 is 0. The van der Waals surface area contributed by atoms with Crippen LogP contribution in [-0.2, 0) is 11.3 Å². The fourth-order valence-corrected chi connectivity index (χ4v) is 2.16. The van der Waals surface area contributed by atoms with E-state index in [2.05, 4.69) is 9.88 Å². The van der Waals surface area contributed by atoms with Crippen LogP contribution in [0.3, 0.4) is 0 Å². The van der Waals surface area contributed by atoms with Gasteiger partial charge >= 0.3 is 5.82 Å². The third-order valence-electron chi connectivity index (χ3n) is 3.18. The molecule has 2 heterocycles. The molecule has 1 aliphatic rings. The molecule has 0 radical (unpaired) electrons. The van der Waals surface area contributed by atoms with E-state index in [1.54, 1.807) is 11.5 Å². The Morgan fingerprint density at radius 3 is 2.83 bits per heavy atom. The maximum atomic E-state index is 10.8. The largest absolute Gasteiger partial charge is 0.379 e. The maximum absolute atomic E-state index is 10.8. The lowest BCUT2D eigenvalue weighted by atomic mass is 10.3. The number of aryl methyl sites for hydroxylation is 1. The molecule has 0 spiro atoms. The molecular formula is C11H18N4O3. The normalized spacial score (nSPS) is 16.9. The number of hydrogen-bond donors (Lipinski definition) is 0. The van der Waals surface area contributed by atoms with Gasteiger partial charge in [-0.1, -0.05) is 0 Å². The summed E-state index contributed by atoms with van der Waals surface area (Å²) in [5, 5.41) is 10.8. The zero-order chi connectivity index (χ0) is 13.0. The van der Waals surface area contributed by atoms with Gasteiger partial charge < -0.3 is 14.9 Å². The molecule has 0 amide bonds. The Hall–Kier alpha value is -1.47. The van der Waals surface area contributed by atoms with Gasteiger partial charge in [0.1, 0.15) is 6.20 Å². The van der Waals surface area contributed by atoms with Crippen LogP contribution in [-0.4, -0.2) is 52.2 Å². The van der Waals surface area contributed by atoms with Gasteiger partial charge in [0.05, 0.1) is 19.8 Å². The molecule has 1 saturated heterocycles. The molecule has 0 unspecified atom stereocenters. The second-order valence-corrected chi connectivity index (χ2v) is 4.38. The molecule has 1 aromatic rings. The molecule has 1 fully saturated rings. The van der Waals surface area contributed by atoms with Crippen LogP contribution in [0.2, 0.25) is 0 Å². The van der Waals surface area contributed by atoms with Crippen LogP contribution >= 0.6 is 0 Å². The van der Waals surface area contributed by atoms with Crippen LogP contribution in [0, 0.1) is 17.0 Å². The summed E-state index contributed by atoms with van der Waals surface area (Å²) in [4.78, 5) is 16.7. The average molecular weight is 254 g/mol. The molecule has 0 N–H and O–H groups in total. The van der Waals surface area contributed by atoms with E-state index in [0.29, 0.717) is 12.4 Å². The van der Waals surface area contributed by atoms with Crippen molar-refractivity contribution in [3.63, 3.8) is 0 Å². The van der Waals surface area contributed by atoms with E-state index < -0.39 is 0 Å². The number of nitro groups is 1. The summed E-state index contributed by atoms with van der Waals surface area (Å²) in [6, 6.07) is 0. The van der Waals surface area contributed by atoms with Crippen LogP contribution in [0.1, 0.15) is 12.2 Å². The first-order valence-electron chi connectivity index (χ1n) is 6.15. The monoisotopic (exact) mass is 254 g/mol. The van der Waals surface area contributed by atoms with Crippen molar-refractivity contribution in [1.29, 1.82) is 0 Å². The SMILES string of the molecule is Cc1ncc([N+](=O)[O-])n1CCCN1CCOCC1. The van der Waals surface area contributed by atoms with Crippen molar-refractivity contribution in [1.82, 2.24) is 14.5 Å². The molecule has 0 atom stereocenters. The van der Waals surface area contributed by atoms with Crippen LogP contribution in [0.4, 0.5) is 5.82 Å². The minimum absolute atomic E-state index is 0.0782. The number of imidazole rings is 1. The molecule has 1 aliphatic heterocycles. The summed E-state index contributed by atoms with van der Waals surface area (Å²) in [6.45, 7) is 6.84. The second-order valence-electron chi connectivity index (χ2n) is 4.38. The highest BCUT2D eigenvalue weighted by atomic mass is 16.6.